The molecular formula is C16H11F2NO3S. The van der Waals surface area contributed by atoms with Crippen molar-refractivity contribution in [1.82, 2.24) is 4.98 Å². The predicted octanol–water partition coefficient (Wildman–Crippen LogP) is 4.35. The first kappa shape index (κ1) is 15.4. The van der Waals surface area contributed by atoms with Crippen LogP contribution in [0.2, 0.25) is 0 Å². The van der Waals surface area contributed by atoms with E-state index in [0.717, 1.165) is 23.1 Å². The van der Waals surface area contributed by atoms with Gasteiger partial charge in [0, 0.05) is 0 Å². The molecule has 3 rings (SSSR count). The molecule has 0 aliphatic carbocycles. The number of carbonyl (C=O) groups is 1. The Hall–Kier alpha value is -2.54. The van der Waals surface area contributed by atoms with E-state index in [9.17, 15) is 13.6 Å². The molecule has 0 amide bonds. The van der Waals surface area contributed by atoms with Crippen molar-refractivity contribution in [3.05, 3.63) is 64.4 Å². The molecule has 0 unspecified atom stereocenters. The van der Waals surface area contributed by atoms with E-state index in [-0.39, 0.29) is 12.2 Å². The summed E-state index contributed by atoms with van der Waals surface area (Å²) in [6, 6.07) is 6.58. The van der Waals surface area contributed by atoms with Crippen LogP contribution in [0.15, 0.2) is 40.1 Å². The van der Waals surface area contributed by atoms with Gasteiger partial charge in [-0.3, -0.25) is 0 Å². The number of benzene rings is 1. The Bertz CT molecular complexity index is 843. The highest BCUT2D eigenvalue weighted by atomic mass is 32.1. The van der Waals surface area contributed by atoms with Gasteiger partial charge in [0.1, 0.15) is 18.1 Å². The van der Waals surface area contributed by atoms with Crippen molar-refractivity contribution in [3.8, 4) is 10.8 Å². The zero-order valence-corrected chi connectivity index (χ0v) is 12.8. The number of aryl methyl sites for hydroxylation is 1. The van der Waals surface area contributed by atoms with Gasteiger partial charge in [0.2, 0.25) is 5.89 Å². The average Bonchev–Trinajstić information content (AvgIpc) is 3.17. The molecule has 7 heteroatoms. The first-order valence-corrected chi connectivity index (χ1v) is 7.55. The van der Waals surface area contributed by atoms with E-state index in [1.807, 2.05) is 17.5 Å². The van der Waals surface area contributed by atoms with Crippen LogP contribution in [0.4, 0.5) is 8.78 Å². The van der Waals surface area contributed by atoms with Crippen LogP contribution >= 0.6 is 11.3 Å². The number of esters is 1. The van der Waals surface area contributed by atoms with Crippen molar-refractivity contribution in [2.45, 2.75) is 13.5 Å². The zero-order valence-electron chi connectivity index (χ0n) is 12.0. The van der Waals surface area contributed by atoms with E-state index in [1.165, 1.54) is 11.3 Å². The molecule has 0 spiro atoms. The maximum Gasteiger partial charge on any atom is 0.338 e. The Morgan fingerprint density at radius 3 is 2.83 bits per heavy atom. The second kappa shape index (κ2) is 6.29. The summed E-state index contributed by atoms with van der Waals surface area (Å²) >= 11 is 1.48. The predicted molar refractivity (Wildman–Crippen MR) is 80.0 cm³/mol. The number of hydrogen-bond acceptors (Lipinski definition) is 5. The summed E-state index contributed by atoms with van der Waals surface area (Å²) in [6.45, 7) is 1.60. The van der Waals surface area contributed by atoms with Crippen LogP contribution in [0, 0.1) is 18.6 Å². The minimum absolute atomic E-state index is 0.0662. The van der Waals surface area contributed by atoms with E-state index in [1.54, 1.807) is 6.92 Å². The number of aromatic nitrogens is 1. The van der Waals surface area contributed by atoms with Gasteiger partial charge in [0.05, 0.1) is 10.4 Å². The number of thiophene rings is 1. The van der Waals surface area contributed by atoms with E-state index in [0.29, 0.717) is 17.3 Å². The van der Waals surface area contributed by atoms with Crippen molar-refractivity contribution in [3.63, 3.8) is 0 Å². The fraction of sp³-hybridized carbons (Fsp3) is 0.125. The Balaban J connectivity index is 1.70. The summed E-state index contributed by atoms with van der Waals surface area (Å²) in [5, 5.41) is 1.90. The Morgan fingerprint density at radius 1 is 1.30 bits per heavy atom. The number of hydrogen-bond donors (Lipinski definition) is 0. The molecule has 2 aromatic heterocycles. The van der Waals surface area contributed by atoms with Crippen LogP contribution in [0.3, 0.4) is 0 Å². The van der Waals surface area contributed by atoms with Crippen LogP contribution in [0.5, 0.6) is 0 Å². The zero-order chi connectivity index (χ0) is 16.4. The van der Waals surface area contributed by atoms with Gasteiger partial charge in [-0.05, 0) is 36.6 Å². The highest BCUT2D eigenvalue weighted by molar-refractivity contribution is 7.13. The van der Waals surface area contributed by atoms with Gasteiger partial charge in [0.15, 0.2) is 11.6 Å². The Kier molecular flexibility index (Phi) is 4.20. The van der Waals surface area contributed by atoms with E-state index >= 15 is 0 Å². The highest BCUT2D eigenvalue weighted by Crippen LogP contribution is 2.26. The molecule has 0 aliphatic heterocycles. The number of nitrogens with zero attached hydrogens (tertiary/aromatic N) is 1. The van der Waals surface area contributed by atoms with Crippen molar-refractivity contribution in [1.29, 1.82) is 0 Å². The second-order valence-electron chi connectivity index (χ2n) is 4.70. The number of oxazole rings is 1. The topological polar surface area (TPSA) is 52.3 Å². The molecule has 3 aromatic rings. The monoisotopic (exact) mass is 335 g/mol. The third kappa shape index (κ3) is 3.29. The third-order valence-corrected chi connectivity index (χ3v) is 3.98. The first-order chi connectivity index (χ1) is 11.0. The second-order valence-corrected chi connectivity index (χ2v) is 5.65. The fourth-order valence-electron chi connectivity index (χ4n) is 1.91. The molecule has 4 nitrogen and oxygen atoms in total. The van der Waals surface area contributed by atoms with Crippen LogP contribution in [-0.4, -0.2) is 11.0 Å². The summed E-state index contributed by atoms with van der Waals surface area (Å²) in [6.07, 6.45) is 0. The molecule has 0 atom stereocenters. The summed E-state index contributed by atoms with van der Waals surface area (Å²) < 4.78 is 36.6. The molecule has 23 heavy (non-hydrogen) atoms. The van der Waals surface area contributed by atoms with Gasteiger partial charge < -0.3 is 9.15 Å². The molecule has 0 aliphatic rings. The molecule has 118 valence electrons. The van der Waals surface area contributed by atoms with E-state index in [4.69, 9.17) is 9.15 Å². The largest absolute Gasteiger partial charge is 0.455 e. The minimum Gasteiger partial charge on any atom is -0.455 e. The Morgan fingerprint density at radius 2 is 2.13 bits per heavy atom. The van der Waals surface area contributed by atoms with Crippen LogP contribution in [0.1, 0.15) is 21.8 Å². The first-order valence-electron chi connectivity index (χ1n) is 6.67. The molecule has 2 heterocycles. The molecule has 0 saturated carbocycles. The van der Waals surface area contributed by atoms with Crippen molar-refractivity contribution < 1.29 is 22.7 Å². The number of carbonyl (C=O) groups excluding carboxylic acids is 1. The lowest BCUT2D eigenvalue weighted by molar-refractivity contribution is 0.0466. The van der Waals surface area contributed by atoms with Gasteiger partial charge in [-0.2, -0.15) is 0 Å². The SMILES string of the molecule is Cc1oc(-c2cccs2)nc1COC(=O)c1ccc(F)c(F)c1. The van der Waals surface area contributed by atoms with Crippen molar-refractivity contribution in [2.75, 3.05) is 0 Å². The van der Waals surface area contributed by atoms with Crippen LogP contribution < -0.4 is 0 Å². The Labute approximate surface area is 134 Å². The number of rotatable bonds is 4. The molecule has 0 radical (unpaired) electrons. The normalized spacial score (nSPS) is 10.7. The summed E-state index contributed by atoms with van der Waals surface area (Å²) in [7, 11) is 0. The maximum absolute atomic E-state index is 13.1. The summed E-state index contributed by atoms with van der Waals surface area (Å²) in [4.78, 5) is 17.0. The molecule has 0 fully saturated rings. The fourth-order valence-corrected chi connectivity index (χ4v) is 2.56. The van der Waals surface area contributed by atoms with Crippen molar-refractivity contribution >= 4 is 17.3 Å². The maximum atomic E-state index is 13.1. The number of halogens is 2. The third-order valence-electron chi connectivity index (χ3n) is 3.12. The lowest BCUT2D eigenvalue weighted by Crippen LogP contribution is -2.07. The van der Waals surface area contributed by atoms with Gasteiger partial charge >= 0.3 is 5.97 Å². The molecule has 1 aromatic carbocycles. The van der Waals surface area contributed by atoms with Gasteiger partial charge in [0.25, 0.3) is 0 Å². The summed E-state index contributed by atoms with van der Waals surface area (Å²) in [5.74, 6) is -1.89. The van der Waals surface area contributed by atoms with Crippen molar-refractivity contribution in [2.24, 2.45) is 0 Å². The standard InChI is InChI=1S/C16H11F2NO3S/c1-9-13(19-15(22-9)14-3-2-6-23-14)8-21-16(20)10-4-5-11(17)12(18)7-10/h2-7H,8H2,1H3. The van der Waals surface area contributed by atoms with Crippen LogP contribution in [0.25, 0.3) is 10.8 Å². The highest BCUT2D eigenvalue weighted by Gasteiger charge is 2.16. The lowest BCUT2D eigenvalue weighted by Gasteiger charge is -2.03. The quantitative estimate of drug-likeness (QED) is 0.665. The summed E-state index contributed by atoms with van der Waals surface area (Å²) in [5.41, 5.74) is 0.410. The van der Waals surface area contributed by atoms with Gasteiger partial charge in [-0.25, -0.2) is 18.6 Å². The molecule has 0 N–H and O–H groups in total. The van der Waals surface area contributed by atoms with Gasteiger partial charge in [-0.1, -0.05) is 6.07 Å². The average molecular weight is 335 g/mol. The number of ether oxygens (including phenoxy) is 1. The van der Waals surface area contributed by atoms with Gasteiger partial charge in [-0.15, -0.1) is 11.3 Å². The van der Waals surface area contributed by atoms with Crippen LogP contribution in [-0.2, 0) is 11.3 Å². The molecule has 0 bridgehead atoms. The van der Waals surface area contributed by atoms with E-state index in [2.05, 4.69) is 4.98 Å². The van der Waals surface area contributed by atoms with E-state index < -0.39 is 17.6 Å². The minimum atomic E-state index is -1.10. The molecule has 0 saturated heterocycles. The molecular weight excluding hydrogens is 324 g/mol. The lowest BCUT2D eigenvalue weighted by atomic mass is 10.2. The smallest absolute Gasteiger partial charge is 0.338 e.